The van der Waals surface area contributed by atoms with Gasteiger partial charge in [0.1, 0.15) is 4.90 Å². The van der Waals surface area contributed by atoms with Crippen molar-refractivity contribution in [2.24, 2.45) is 0 Å². The van der Waals surface area contributed by atoms with Crippen LogP contribution in [0.5, 0.6) is 0 Å². The molecule has 8 heteroatoms. The lowest BCUT2D eigenvalue weighted by Crippen LogP contribution is -2.34. The molecule has 1 N–H and O–H groups in total. The summed E-state index contributed by atoms with van der Waals surface area (Å²) in [4.78, 5) is 0.225. The Morgan fingerprint density at radius 2 is 2.06 bits per heavy atom. The van der Waals surface area contributed by atoms with E-state index in [1.165, 1.54) is 25.6 Å². The average Bonchev–Trinajstić information content (AvgIpc) is 2.66. The van der Waals surface area contributed by atoms with Gasteiger partial charge in [-0.1, -0.05) is 0 Å². The van der Waals surface area contributed by atoms with Gasteiger partial charge in [0.2, 0.25) is 10.0 Å². The Labute approximate surface area is 107 Å². The Morgan fingerprint density at radius 3 is 2.50 bits per heavy atom. The molecule has 16 heavy (non-hydrogen) atoms. The van der Waals surface area contributed by atoms with Crippen LogP contribution in [0.3, 0.4) is 0 Å². The first-order valence-corrected chi connectivity index (χ1v) is 7.50. The fourth-order valence-corrected chi connectivity index (χ4v) is 4.35. The predicted octanol–water partition coefficient (Wildman–Crippen LogP) is 1.41. The van der Waals surface area contributed by atoms with Crippen LogP contribution in [0, 0.1) is 0 Å². The molecule has 1 rings (SSSR count). The number of rotatable bonds is 6. The van der Waals surface area contributed by atoms with E-state index in [9.17, 15) is 8.42 Å². The van der Waals surface area contributed by atoms with Gasteiger partial charge in [-0.15, -0.1) is 11.3 Å². The van der Waals surface area contributed by atoms with Crippen molar-refractivity contribution in [3.63, 3.8) is 0 Å². The van der Waals surface area contributed by atoms with E-state index in [2.05, 4.69) is 20.7 Å². The van der Waals surface area contributed by atoms with Crippen LogP contribution >= 0.6 is 27.3 Å². The van der Waals surface area contributed by atoms with Crippen LogP contribution in [-0.2, 0) is 19.5 Å². The van der Waals surface area contributed by atoms with Crippen molar-refractivity contribution in [3.8, 4) is 0 Å². The van der Waals surface area contributed by atoms with Gasteiger partial charge in [0.25, 0.3) is 0 Å². The lowest BCUT2D eigenvalue weighted by atomic mass is 10.6. The minimum absolute atomic E-state index is 0.0671. The lowest BCUT2D eigenvalue weighted by Gasteiger charge is -2.13. The van der Waals surface area contributed by atoms with Crippen molar-refractivity contribution in [2.75, 3.05) is 20.8 Å². The molecule has 0 spiro atoms. The normalized spacial score (nSPS) is 12.2. The monoisotopic (exact) mass is 329 g/mol. The van der Waals surface area contributed by atoms with Crippen molar-refractivity contribution in [3.05, 3.63) is 15.2 Å². The van der Waals surface area contributed by atoms with Gasteiger partial charge < -0.3 is 9.47 Å². The third-order valence-corrected chi connectivity index (χ3v) is 5.42. The molecule has 1 aromatic rings. The second-order valence-electron chi connectivity index (χ2n) is 2.84. The highest BCUT2D eigenvalue weighted by Crippen LogP contribution is 2.25. The van der Waals surface area contributed by atoms with Crippen molar-refractivity contribution >= 4 is 37.3 Å². The van der Waals surface area contributed by atoms with Crippen LogP contribution in [-0.4, -0.2) is 35.5 Å². The van der Waals surface area contributed by atoms with E-state index in [0.717, 1.165) is 0 Å². The molecule has 0 aliphatic rings. The van der Waals surface area contributed by atoms with Crippen LogP contribution in [0.2, 0.25) is 0 Å². The van der Waals surface area contributed by atoms with Gasteiger partial charge in [-0.25, -0.2) is 13.1 Å². The zero-order valence-electron chi connectivity index (χ0n) is 8.77. The third kappa shape index (κ3) is 3.51. The van der Waals surface area contributed by atoms with E-state index in [1.54, 1.807) is 10.8 Å². The molecule has 0 unspecified atom stereocenters. The molecule has 1 heterocycles. The molecule has 0 saturated carbocycles. The second-order valence-corrected chi connectivity index (χ2v) is 6.17. The summed E-state index contributed by atoms with van der Waals surface area (Å²) >= 11 is 4.48. The van der Waals surface area contributed by atoms with E-state index in [-0.39, 0.29) is 11.4 Å². The van der Waals surface area contributed by atoms with Crippen LogP contribution < -0.4 is 4.72 Å². The third-order valence-electron chi connectivity index (χ3n) is 1.84. The highest BCUT2D eigenvalue weighted by Gasteiger charge is 2.19. The van der Waals surface area contributed by atoms with Gasteiger partial charge in [-0.05, 0) is 15.9 Å². The predicted molar refractivity (Wildman–Crippen MR) is 65.0 cm³/mol. The molecule has 0 amide bonds. The summed E-state index contributed by atoms with van der Waals surface area (Å²) in [5.41, 5.74) is 0. The molecule has 0 radical (unpaired) electrons. The second kappa shape index (κ2) is 6.08. The van der Waals surface area contributed by atoms with Crippen LogP contribution in [0.25, 0.3) is 0 Å². The fourth-order valence-electron chi connectivity index (χ4n) is 0.980. The number of hydrogen-bond donors (Lipinski definition) is 1. The highest BCUT2D eigenvalue weighted by atomic mass is 79.9. The Morgan fingerprint density at radius 1 is 1.44 bits per heavy atom. The highest BCUT2D eigenvalue weighted by molar-refractivity contribution is 9.10. The quantitative estimate of drug-likeness (QED) is 0.801. The summed E-state index contributed by atoms with van der Waals surface area (Å²) < 4.78 is 36.3. The standard InChI is InChI=1S/C8H12BrNO4S2/c1-13-8(14-2)3-10-16(11,12)7-5-15-4-6(7)9/h4-5,8,10H,3H2,1-2H3. The minimum Gasteiger partial charge on any atom is -0.355 e. The van der Waals surface area contributed by atoms with Crippen LogP contribution in [0.1, 0.15) is 0 Å². The summed E-state index contributed by atoms with van der Waals surface area (Å²) in [6.07, 6.45) is -0.591. The van der Waals surface area contributed by atoms with E-state index in [4.69, 9.17) is 9.47 Å². The molecule has 0 bridgehead atoms. The molecule has 0 aliphatic heterocycles. The van der Waals surface area contributed by atoms with Gasteiger partial charge in [0, 0.05) is 29.5 Å². The SMILES string of the molecule is COC(CNS(=O)(=O)c1cscc1Br)OC. The Kier molecular flexibility index (Phi) is 5.35. The number of methoxy groups -OCH3 is 2. The van der Waals surface area contributed by atoms with Crippen LogP contribution in [0.15, 0.2) is 20.1 Å². The molecule has 5 nitrogen and oxygen atoms in total. The number of halogens is 1. The maximum Gasteiger partial charge on any atom is 0.242 e. The fraction of sp³-hybridized carbons (Fsp3) is 0.500. The maximum absolute atomic E-state index is 11.8. The van der Waals surface area contributed by atoms with Crippen LogP contribution in [0.4, 0.5) is 0 Å². The lowest BCUT2D eigenvalue weighted by molar-refractivity contribution is -0.0960. The molecule has 0 saturated heterocycles. The summed E-state index contributed by atoms with van der Waals surface area (Å²) in [6, 6.07) is 0. The molecule has 0 atom stereocenters. The first kappa shape index (κ1) is 14.1. The van der Waals surface area contributed by atoms with Gasteiger partial charge in [-0.3, -0.25) is 0 Å². The molecular weight excluding hydrogens is 318 g/mol. The van der Waals surface area contributed by atoms with Crippen molar-refractivity contribution in [1.29, 1.82) is 0 Å². The first-order chi connectivity index (χ1) is 7.51. The van der Waals surface area contributed by atoms with E-state index < -0.39 is 16.3 Å². The molecule has 92 valence electrons. The number of ether oxygens (including phenoxy) is 2. The number of nitrogens with one attached hydrogen (secondary N) is 1. The summed E-state index contributed by atoms with van der Waals surface area (Å²) in [5.74, 6) is 0. The Hall–Kier alpha value is 0.01000. The van der Waals surface area contributed by atoms with Crippen molar-refractivity contribution in [1.82, 2.24) is 4.72 Å². The zero-order valence-corrected chi connectivity index (χ0v) is 12.0. The molecule has 1 aromatic heterocycles. The number of sulfonamides is 1. The van der Waals surface area contributed by atoms with Gasteiger partial charge >= 0.3 is 0 Å². The average molecular weight is 330 g/mol. The molecule has 0 fully saturated rings. The summed E-state index contributed by atoms with van der Waals surface area (Å²) in [5, 5.41) is 3.26. The number of thiophene rings is 1. The van der Waals surface area contributed by atoms with E-state index in [1.807, 2.05) is 0 Å². The van der Waals surface area contributed by atoms with Gasteiger partial charge in [-0.2, -0.15) is 0 Å². The topological polar surface area (TPSA) is 64.6 Å². The van der Waals surface area contributed by atoms with Crippen molar-refractivity contribution in [2.45, 2.75) is 11.2 Å². The molecular formula is C8H12BrNO4S2. The van der Waals surface area contributed by atoms with E-state index in [0.29, 0.717) is 4.47 Å². The van der Waals surface area contributed by atoms with Crippen molar-refractivity contribution < 1.29 is 17.9 Å². The summed E-state index contributed by atoms with van der Waals surface area (Å²) in [7, 11) is -0.615. The van der Waals surface area contributed by atoms with Gasteiger partial charge in [0.15, 0.2) is 6.29 Å². The first-order valence-electron chi connectivity index (χ1n) is 4.28. The maximum atomic E-state index is 11.8. The largest absolute Gasteiger partial charge is 0.355 e. The number of hydrogen-bond acceptors (Lipinski definition) is 5. The minimum atomic E-state index is -3.51. The molecule has 0 aliphatic carbocycles. The smallest absolute Gasteiger partial charge is 0.242 e. The summed E-state index contributed by atoms with van der Waals surface area (Å²) in [6.45, 7) is 0.0671. The van der Waals surface area contributed by atoms with E-state index >= 15 is 0 Å². The Balaban J connectivity index is 2.70. The Bertz CT molecular complexity index is 427. The molecule has 0 aromatic carbocycles. The van der Waals surface area contributed by atoms with Gasteiger partial charge in [0.05, 0.1) is 6.54 Å². The zero-order chi connectivity index (χ0) is 12.2.